The molecule has 1 aromatic rings. The average molecular weight is 295 g/mol. The van der Waals surface area contributed by atoms with Crippen molar-refractivity contribution in [2.45, 2.75) is 0 Å². The lowest BCUT2D eigenvalue weighted by atomic mass is 10.2. The number of halogens is 2. The van der Waals surface area contributed by atoms with Gasteiger partial charge in [0.05, 0.1) is 16.2 Å². The van der Waals surface area contributed by atoms with E-state index in [2.05, 4.69) is 0 Å². The Morgan fingerprint density at radius 3 is 2.69 bits per heavy atom. The molecule has 1 amide bonds. The first-order valence-corrected chi connectivity index (χ1v) is 4.47. The van der Waals surface area contributed by atoms with Crippen LogP contribution in [0.25, 0.3) is 0 Å². The van der Waals surface area contributed by atoms with Crippen molar-refractivity contribution in [2.75, 3.05) is 7.11 Å². The van der Waals surface area contributed by atoms with Gasteiger partial charge in [0.25, 0.3) is 5.91 Å². The van der Waals surface area contributed by atoms with Crippen LogP contribution in [0.2, 0.25) is 0 Å². The van der Waals surface area contributed by atoms with Crippen LogP contribution in [0.15, 0.2) is 12.1 Å². The highest BCUT2D eigenvalue weighted by Gasteiger charge is 2.12. The van der Waals surface area contributed by atoms with E-state index in [1.54, 1.807) is 0 Å². The van der Waals surface area contributed by atoms with Gasteiger partial charge in [-0.15, -0.1) is 0 Å². The van der Waals surface area contributed by atoms with Gasteiger partial charge >= 0.3 is 0 Å². The number of amides is 1. The molecule has 0 spiro atoms. The number of benzene rings is 1. The molecule has 0 atom stereocenters. The van der Waals surface area contributed by atoms with E-state index in [1.165, 1.54) is 13.2 Å². The highest BCUT2D eigenvalue weighted by Crippen LogP contribution is 2.23. The number of rotatable bonds is 2. The Kier molecular flexibility index (Phi) is 3.07. The fourth-order valence-electron chi connectivity index (χ4n) is 0.874. The van der Waals surface area contributed by atoms with Gasteiger partial charge in [0.1, 0.15) is 11.6 Å². The number of nitrogens with two attached hydrogens (primary N) is 1. The molecule has 1 rings (SSSR count). The maximum atomic E-state index is 13.1. The van der Waals surface area contributed by atoms with E-state index in [0.717, 1.165) is 6.07 Å². The summed E-state index contributed by atoms with van der Waals surface area (Å²) >= 11 is 1.94. The lowest BCUT2D eigenvalue weighted by Gasteiger charge is -2.05. The molecule has 13 heavy (non-hydrogen) atoms. The summed E-state index contributed by atoms with van der Waals surface area (Å²) in [5.41, 5.74) is 4.83. The summed E-state index contributed by atoms with van der Waals surface area (Å²) in [7, 11) is 1.43. The Hall–Kier alpha value is -0.850. The van der Waals surface area contributed by atoms with Gasteiger partial charge in [-0.1, -0.05) is 0 Å². The van der Waals surface area contributed by atoms with Crippen molar-refractivity contribution in [3.05, 3.63) is 27.1 Å². The summed E-state index contributed by atoms with van der Waals surface area (Å²) in [4.78, 5) is 10.7. The van der Waals surface area contributed by atoms with Crippen molar-refractivity contribution in [2.24, 2.45) is 5.73 Å². The summed E-state index contributed by atoms with van der Waals surface area (Å²) in [6.45, 7) is 0. The molecule has 0 saturated heterocycles. The summed E-state index contributed by atoms with van der Waals surface area (Å²) in [6, 6.07) is 2.50. The summed E-state index contributed by atoms with van der Waals surface area (Å²) in [5.74, 6) is -1.05. The highest BCUT2D eigenvalue weighted by atomic mass is 127. The van der Waals surface area contributed by atoms with Crippen LogP contribution < -0.4 is 10.5 Å². The van der Waals surface area contributed by atoms with Gasteiger partial charge in [-0.3, -0.25) is 4.79 Å². The second kappa shape index (κ2) is 3.91. The number of carbonyl (C=O) groups is 1. The van der Waals surface area contributed by atoms with E-state index in [9.17, 15) is 9.18 Å². The SMILES string of the molecule is COc1cc(F)c(C(N)=O)cc1I. The summed E-state index contributed by atoms with van der Waals surface area (Å²) in [6.07, 6.45) is 0. The predicted octanol–water partition coefficient (Wildman–Crippen LogP) is 1.54. The molecule has 3 nitrogen and oxygen atoms in total. The molecule has 1 aromatic carbocycles. The Morgan fingerprint density at radius 2 is 2.23 bits per heavy atom. The van der Waals surface area contributed by atoms with Crippen molar-refractivity contribution in [1.82, 2.24) is 0 Å². The van der Waals surface area contributed by atoms with E-state index in [0.29, 0.717) is 9.32 Å². The van der Waals surface area contributed by atoms with Crippen molar-refractivity contribution in [3.8, 4) is 5.75 Å². The third-order valence-corrected chi connectivity index (χ3v) is 2.35. The largest absolute Gasteiger partial charge is 0.496 e. The van der Waals surface area contributed by atoms with Crippen LogP contribution in [0.5, 0.6) is 5.75 Å². The second-order valence-electron chi connectivity index (χ2n) is 2.33. The molecule has 0 fully saturated rings. The normalized spacial score (nSPS) is 9.77. The number of hydrogen-bond donors (Lipinski definition) is 1. The molecule has 70 valence electrons. The van der Waals surface area contributed by atoms with Gasteiger partial charge in [-0.2, -0.15) is 0 Å². The quantitative estimate of drug-likeness (QED) is 0.841. The van der Waals surface area contributed by atoms with Crippen LogP contribution in [0.4, 0.5) is 4.39 Å². The lowest BCUT2D eigenvalue weighted by molar-refractivity contribution is 0.0996. The van der Waals surface area contributed by atoms with Gasteiger partial charge in [0, 0.05) is 6.07 Å². The molecule has 0 aromatic heterocycles. The Labute approximate surface area is 88.2 Å². The maximum absolute atomic E-state index is 13.1. The fourth-order valence-corrected chi connectivity index (χ4v) is 1.56. The molecule has 0 heterocycles. The minimum atomic E-state index is -0.780. The first-order valence-electron chi connectivity index (χ1n) is 3.39. The van der Waals surface area contributed by atoms with Gasteiger partial charge in [0.15, 0.2) is 0 Å². The molecule has 0 unspecified atom stereocenters. The fraction of sp³-hybridized carbons (Fsp3) is 0.125. The van der Waals surface area contributed by atoms with Gasteiger partial charge in [-0.05, 0) is 28.7 Å². The molecular weight excluding hydrogens is 288 g/mol. The first kappa shape index (κ1) is 10.2. The number of methoxy groups -OCH3 is 1. The molecule has 0 radical (unpaired) electrons. The molecule has 0 aliphatic heterocycles. The van der Waals surface area contributed by atoms with Crippen molar-refractivity contribution < 1.29 is 13.9 Å². The first-order chi connectivity index (χ1) is 6.06. The third kappa shape index (κ3) is 2.09. The van der Waals surface area contributed by atoms with Crippen molar-refractivity contribution >= 4 is 28.5 Å². The number of carbonyl (C=O) groups excluding carboxylic acids is 1. The maximum Gasteiger partial charge on any atom is 0.251 e. The zero-order valence-corrected chi connectivity index (χ0v) is 8.96. The van der Waals surface area contributed by atoms with Crippen LogP contribution in [0, 0.1) is 9.39 Å². The molecule has 0 saturated carbocycles. The van der Waals surface area contributed by atoms with E-state index in [4.69, 9.17) is 10.5 Å². The average Bonchev–Trinajstić information content (AvgIpc) is 2.07. The van der Waals surface area contributed by atoms with Gasteiger partial charge in [-0.25, -0.2) is 4.39 Å². The molecular formula is C8H7FINO2. The zero-order valence-electron chi connectivity index (χ0n) is 6.80. The van der Waals surface area contributed by atoms with E-state index in [1.807, 2.05) is 22.6 Å². The lowest BCUT2D eigenvalue weighted by Crippen LogP contribution is -2.13. The molecule has 0 aliphatic rings. The second-order valence-corrected chi connectivity index (χ2v) is 3.49. The van der Waals surface area contributed by atoms with Crippen LogP contribution in [-0.4, -0.2) is 13.0 Å². The van der Waals surface area contributed by atoms with Gasteiger partial charge in [0.2, 0.25) is 0 Å². The number of primary amides is 1. The molecule has 0 aliphatic carbocycles. The van der Waals surface area contributed by atoms with E-state index in [-0.39, 0.29) is 5.56 Å². The predicted molar refractivity (Wildman–Crippen MR) is 54.2 cm³/mol. The zero-order chi connectivity index (χ0) is 10.0. The third-order valence-electron chi connectivity index (χ3n) is 1.51. The van der Waals surface area contributed by atoms with Crippen LogP contribution in [0.3, 0.4) is 0 Å². The standard InChI is InChI=1S/C8H7FINO2/c1-13-7-3-5(9)4(8(11)12)2-6(7)10/h2-3H,1H3,(H2,11,12). The molecule has 2 N–H and O–H groups in total. The summed E-state index contributed by atoms with van der Waals surface area (Å²) < 4.78 is 18.6. The number of ether oxygens (including phenoxy) is 1. The Balaban J connectivity index is 3.28. The monoisotopic (exact) mass is 295 g/mol. The molecule has 5 heteroatoms. The van der Waals surface area contributed by atoms with E-state index < -0.39 is 11.7 Å². The molecule has 0 bridgehead atoms. The summed E-state index contributed by atoms with van der Waals surface area (Å²) in [5, 5.41) is 0. The van der Waals surface area contributed by atoms with Crippen LogP contribution in [-0.2, 0) is 0 Å². The smallest absolute Gasteiger partial charge is 0.251 e. The minimum absolute atomic E-state index is 0.120. The topological polar surface area (TPSA) is 52.3 Å². The van der Waals surface area contributed by atoms with Gasteiger partial charge < -0.3 is 10.5 Å². The van der Waals surface area contributed by atoms with Crippen molar-refractivity contribution in [3.63, 3.8) is 0 Å². The van der Waals surface area contributed by atoms with Crippen molar-refractivity contribution in [1.29, 1.82) is 0 Å². The Bertz CT molecular complexity index is 354. The van der Waals surface area contributed by atoms with Crippen LogP contribution in [0.1, 0.15) is 10.4 Å². The highest BCUT2D eigenvalue weighted by molar-refractivity contribution is 14.1. The van der Waals surface area contributed by atoms with E-state index >= 15 is 0 Å². The minimum Gasteiger partial charge on any atom is -0.496 e. The number of hydrogen-bond acceptors (Lipinski definition) is 2. The van der Waals surface area contributed by atoms with Crippen LogP contribution >= 0.6 is 22.6 Å². The Morgan fingerprint density at radius 1 is 1.62 bits per heavy atom.